The van der Waals surface area contributed by atoms with Crippen LogP contribution in [0.3, 0.4) is 0 Å². The summed E-state index contributed by atoms with van der Waals surface area (Å²) in [5.74, 6) is -0.246. The molecule has 6 heteroatoms. The minimum absolute atomic E-state index is 0.246. The second kappa shape index (κ2) is 6.98. The first-order valence-electron chi connectivity index (χ1n) is 8.45. The number of carbonyl (C=O) groups is 1. The molecule has 25 heavy (non-hydrogen) atoms. The first kappa shape index (κ1) is 17.6. The fourth-order valence-corrected chi connectivity index (χ4v) is 3.47. The number of nitrogens with zero attached hydrogens (tertiary/aromatic N) is 3. The van der Waals surface area contributed by atoms with Crippen LogP contribution in [0.5, 0.6) is 0 Å². The highest BCUT2D eigenvalue weighted by atomic mass is 16.5. The molecular formula is C19H25N3O3. The lowest BCUT2D eigenvalue weighted by Crippen LogP contribution is -2.51. The summed E-state index contributed by atoms with van der Waals surface area (Å²) in [5.41, 5.74) is 2.55. The molecule has 0 N–H and O–H groups in total. The molecule has 0 radical (unpaired) electrons. The highest BCUT2D eigenvalue weighted by Gasteiger charge is 2.40. The number of methoxy groups -OCH3 is 1. The van der Waals surface area contributed by atoms with Crippen molar-refractivity contribution >= 4 is 5.97 Å². The maximum Gasteiger partial charge on any atom is 0.327 e. The van der Waals surface area contributed by atoms with Crippen molar-refractivity contribution in [2.45, 2.75) is 25.5 Å². The van der Waals surface area contributed by atoms with E-state index in [1.807, 2.05) is 57.6 Å². The molecular weight excluding hydrogens is 318 g/mol. The van der Waals surface area contributed by atoms with Crippen LogP contribution in [0, 0.1) is 6.92 Å². The number of rotatable bonds is 4. The van der Waals surface area contributed by atoms with Gasteiger partial charge in [-0.25, -0.2) is 4.79 Å². The van der Waals surface area contributed by atoms with Crippen molar-refractivity contribution in [2.24, 2.45) is 7.05 Å². The van der Waals surface area contributed by atoms with Crippen molar-refractivity contribution in [1.29, 1.82) is 0 Å². The van der Waals surface area contributed by atoms with E-state index in [0.29, 0.717) is 19.7 Å². The molecule has 0 unspecified atom stereocenters. The predicted molar refractivity (Wildman–Crippen MR) is 94.0 cm³/mol. The number of ether oxygens (including phenoxy) is 2. The van der Waals surface area contributed by atoms with Gasteiger partial charge in [0.2, 0.25) is 0 Å². The van der Waals surface area contributed by atoms with Crippen molar-refractivity contribution in [1.82, 2.24) is 14.7 Å². The van der Waals surface area contributed by atoms with E-state index in [2.05, 4.69) is 10.00 Å². The van der Waals surface area contributed by atoms with Crippen LogP contribution in [-0.4, -0.2) is 47.5 Å². The molecule has 1 aliphatic rings. The number of hydrogen-bond donors (Lipinski definition) is 0. The second-order valence-electron chi connectivity index (χ2n) is 6.73. The van der Waals surface area contributed by atoms with Crippen molar-refractivity contribution in [3.63, 3.8) is 0 Å². The van der Waals surface area contributed by atoms with Crippen LogP contribution >= 0.6 is 0 Å². The molecule has 0 aliphatic carbocycles. The summed E-state index contributed by atoms with van der Waals surface area (Å²) >= 11 is 0. The number of hydrogen-bond acceptors (Lipinski definition) is 5. The maximum atomic E-state index is 12.6. The largest absolute Gasteiger partial charge is 0.468 e. The van der Waals surface area contributed by atoms with Crippen LogP contribution in [0.1, 0.15) is 29.7 Å². The first-order chi connectivity index (χ1) is 11.9. The second-order valence-corrected chi connectivity index (χ2v) is 6.73. The molecule has 0 saturated carbocycles. The zero-order chi connectivity index (χ0) is 18.0. The van der Waals surface area contributed by atoms with Crippen LogP contribution in [0.15, 0.2) is 36.7 Å². The van der Waals surface area contributed by atoms with E-state index in [1.165, 1.54) is 7.11 Å². The van der Waals surface area contributed by atoms with Gasteiger partial charge < -0.3 is 9.47 Å². The van der Waals surface area contributed by atoms with Gasteiger partial charge in [-0.2, -0.15) is 5.10 Å². The van der Waals surface area contributed by atoms with E-state index < -0.39 is 11.6 Å². The lowest BCUT2D eigenvalue weighted by Gasteiger charge is -2.43. The Balaban J connectivity index is 1.94. The Morgan fingerprint density at radius 1 is 1.40 bits per heavy atom. The van der Waals surface area contributed by atoms with Gasteiger partial charge in [-0.05, 0) is 25.0 Å². The third-order valence-electron chi connectivity index (χ3n) is 4.89. The van der Waals surface area contributed by atoms with E-state index in [-0.39, 0.29) is 5.97 Å². The molecule has 0 amide bonds. The molecule has 2 atom stereocenters. The summed E-state index contributed by atoms with van der Waals surface area (Å²) in [6.07, 6.45) is 3.79. The molecule has 1 fully saturated rings. The summed E-state index contributed by atoms with van der Waals surface area (Å²) in [4.78, 5) is 14.7. The average Bonchev–Trinajstić information content (AvgIpc) is 3.04. The molecule has 134 valence electrons. The molecule has 2 heterocycles. The highest BCUT2D eigenvalue weighted by molar-refractivity contribution is 5.78. The number of aromatic nitrogens is 2. The predicted octanol–water partition coefficient (Wildman–Crippen LogP) is 2.19. The van der Waals surface area contributed by atoms with Crippen LogP contribution in [0.4, 0.5) is 0 Å². The van der Waals surface area contributed by atoms with Crippen LogP contribution in [0.2, 0.25) is 0 Å². The molecule has 0 bridgehead atoms. The zero-order valence-corrected chi connectivity index (χ0v) is 15.2. The summed E-state index contributed by atoms with van der Waals surface area (Å²) < 4.78 is 13.0. The summed E-state index contributed by atoms with van der Waals surface area (Å²) in [6.45, 7) is 5.87. The Morgan fingerprint density at radius 3 is 2.80 bits per heavy atom. The van der Waals surface area contributed by atoms with E-state index in [9.17, 15) is 4.79 Å². The van der Waals surface area contributed by atoms with Crippen LogP contribution in [-0.2, 0) is 26.9 Å². The van der Waals surface area contributed by atoms with E-state index in [1.54, 1.807) is 4.68 Å². The Bertz CT molecular complexity index is 758. The number of aryl methyl sites for hydroxylation is 2. The topological polar surface area (TPSA) is 56.6 Å². The normalized spacial score (nSPS) is 22.6. The lowest BCUT2D eigenvalue weighted by atomic mass is 9.93. The molecule has 2 aromatic rings. The monoisotopic (exact) mass is 343 g/mol. The van der Waals surface area contributed by atoms with Gasteiger partial charge in [0.05, 0.1) is 19.9 Å². The minimum Gasteiger partial charge on any atom is -0.468 e. The first-order valence-corrected chi connectivity index (χ1v) is 8.45. The molecule has 3 rings (SSSR count). The maximum absolute atomic E-state index is 12.6. The van der Waals surface area contributed by atoms with Gasteiger partial charge >= 0.3 is 5.97 Å². The Labute approximate surface area is 148 Å². The standard InChI is InChI=1S/C19H25N3O3/c1-14-7-5-6-8-16(14)17(18(23)24-4)22-9-10-25-19(2,13-22)15-11-20-21(3)12-15/h5-8,11-12,17H,9-10,13H2,1-4H3/t17-,19+/m0/s1. The van der Waals surface area contributed by atoms with E-state index in [4.69, 9.17) is 9.47 Å². The van der Waals surface area contributed by atoms with Crippen molar-refractivity contribution < 1.29 is 14.3 Å². The summed E-state index contributed by atoms with van der Waals surface area (Å²) in [7, 11) is 3.33. The number of benzene rings is 1. The third-order valence-corrected chi connectivity index (χ3v) is 4.89. The summed E-state index contributed by atoms with van der Waals surface area (Å²) in [5, 5.41) is 4.26. The highest BCUT2D eigenvalue weighted by Crippen LogP contribution is 2.34. The average molecular weight is 343 g/mol. The third kappa shape index (κ3) is 3.45. The SMILES string of the molecule is COC(=O)[C@H](c1ccccc1C)N1CCO[C@@](C)(c2cnn(C)c2)C1. The molecule has 1 aromatic carbocycles. The molecule has 0 spiro atoms. The van der Waals surface area contributed by atoms with Crippen molar-refractivity contribution in [2.75, 3.05) is 26.8 Å². The molecule has 1 aliphatic heterocycles. The Hall–Kier alpha value is -2.18. The van der Waals surface area contributed by atoms with E-state index in [0.717, 1.165) is 16.7 Å². The van der Waals surface area contributed by atoms with Gasteiger partial charge in [0, 0.05) is 31.9 Å². The fraction of sp³-hybridized carbons (Fsp3) is 0.474. The summed E-state index contributed by atoms with van der Waals surface area (Å²) in [6, 6.07) is 7.51. The fourth-order valence-electron chi connectivity index (χ4n) is 3.47. The molecule has 1 aromatic heterocycles. The van der Waals surface area contributed by atoms with Gasteiger partial charge in [0.25, 0.3) is 0 Å². The molecule has 6 nitrogen and oxygen atoms in total. The van der Waals surface area contributed by atoms with Gasteiger partial charge in [-0.1, -0.05) is 24.3 Å². The molecule has 1 saturated heterocycles. The quantitative estimate of drug-likeness (QED) is 0.797. The Kier molecular flexibility index (Phi) is 4.92. The smallest absolute Gasteiger partial charge is 0.327 e. The van der Waals surface area contributed by atoms with Crippen LogP contribution < -0.4 is 0 Å². The van der Waals surface area contributed by atoms with Gasteiger partial charge in [0.15, 0.2) is 0 Å². The van der Waals surface area contributed by atoms with Crippen LogP contribution in [0.25, 0.3) is 0 Å². The van der Waals surface area contributed by atoms with Gasteiger partial charge in [-0.3, -0.25) is 9.58 Å². The lowest BCUT2D eigenvalue weighted by molar-refractivity contribution is -0.157. The Morgan fingerprint density at radius 2 is 2.16 bits per heavy atom. The van der Waals surface area contributed by atoms with Crippen molar-refractivity contribution in [3.8, 4) is 0 Å². The van der Waals surface area contributed by atoms with E-state index >= 15 is 0 Å². The minimum atomic E-state index is -0.512. The number of esters is 1. The zero-order valence-electron chi connectivity index (χ0n) is 15.2. The number of carbonyl (C=O) groups excluding carboxylic acids is 1. The van der Waals surface area contributed by atoms with Gasteiger partial charge in [0.1, 0.15) is 11.6 Å². The van der Waals surface area contributed by atoms with Gasteiger partial charge in [-0.15, -0.1) is 0 Å². The number of morpholine rings is 1. The van der Waals surface area contributed by atoms with Crippen molar-refractivity contribution in [3.05, 3.63) is 53.3 Å².